The number of phenolic OH excluding ortho intramolecular Hbond substituents is 1. The van der Waals surface area contributed by atoms with Crippen molar-refractivity contribution in [2.24, 2.45) is 0 Å². The number of fused-ring (bicyclic) bond motifs is 1. The Morgan fingerprint density at radius 3 is 2.69 bits per heavy atom. The van der Waals surface area contributed by atoms with E-state index in [0.29, 0.717) is 11.8 Å². The number of benzene rings is 1. The van der Waals surface area contributed by atoms with Crippen LogP contribution in [0.15, 0.2) is 30.5 Å². The van der Waals surface area contributed by atoms with E-state index in [4.69, 9.17) is 0 Å². The first kappa shape index (κ1) is 8.17. The van der Waals surface area contributed by atoms with Gasteiger partial charge in [0.1, 0.15) is 5.75 Å². The van der Waals surface area contributed by atoms with Gasteiger partial charge in [-0.25, -0.2) is 0 Å². The molecule has 0 saturated heterocycles. The number of hydrogen-bond donors (Lipinski definition) is 1. The van der Waals surface area contributed by atoms with Gasteiger partial charge in [0.25, 0.3) is 0 Å². The summed E-state index contributed by atoms with van der Waals surface area (Å²) in [7, 11) is 0. The van der Waals surface area contributed by atoms with Gasteiger partial charge in [0, 0.05) is 18.3 Å². The third kappa shape index (κ3) is 1.28. The Morgan fingerprint density at radius 1 is 1.23 bits per heavy atom. The third-order valence-corrected chi connectivity index (χ3v) is 2.26. The van der Waals surface area contributed by atoms with Gasteiger partial charge >= 0.3 is 0 Å². The average Bonchev–Trinajstić information content (AvgIpc) is 2.46. The van der Waals surface area contributed by atoms with E-state index in [1.54, 1.807) is 12.1 Å². The molecule has 13 heavy (non-hydrogen) atoms. The summed E-state index contributed by atoms with van der Waals surface area (Å²) < 4.78 is 2.15. The summed E-state index contributed by atoms with van der Waals surface area (Å²) in [5.41, 5.74) is 1.09. The Labute approximate surface area is 77.4 Å². The minimum atomic E-state index is 0.327. The number of phenols is 1. The lowest BCUT2D eigenvalue weighted by atomic mass is 10.2. The fourth-order valence-corrected chi connectivity index (χ4v) is 1.59. The highest BCUT2D eigenvalue weighted by Gasteiger charge is 2.03. The molecule has 0 aliphatic rings. The Kier molecular flexibility index (Phi) is 1.76. The second kappa shape index (κ2) is 2.80. The van der Waals surface area contributed by atoms with Gasteiger partial charge in [-0.05, 0) is 37.4 Å². The van der Waals surface area contributed by atoms with Crippen molar-refractivity contribution in [1.29, 1.82) is 0 Å². The second-order valence-electron chi connectivity index (χ2n) is 3.56. The molecule has 2 rings (SSSR count). The Hall–Kier alpha value is -1.44. The third-order valence-electron chi connectivity index (χ3n) is 2.26. The van der Waals surface area contributed by atoms with Gasteiger partial charge in [0.15, 0.2) is 0 Å². The number of hydrogen-bond acceptors (Lipinski definition) is 1. The van der Waals surface area contributed by atoms with E-state index in [1.807, 2.05) is 6.07 Å². The first-order valence-corrected chi connectivity index (χ1v) is 4.48. The van der Waals surface area contributed by atoms with Crippen LogP contribution in [-0.2, 0) is 0 Å². The van der Waals surface area contributed by atoms with Crippen LogP contribution in [0.2, 0.25) is 0 Å². The van der Waals surface area contributed by atoms with Crippen molar-refractivity contribution in [2.75, 3.05) is 0 Å². The van der Waals surface area contributed by atoms with Gasteiger partial charge in [-0.1, -0.05) is 0 Å². The fraction of sp³-hybridized carbons (Fsp3) is 0.273. The molecule has 1 heterocycles. The van der Waals surface area contributed by atoms with Crippen LogP contribution in [0.4, 0.5) is 0 Å². The van der Waals surface area contributed by atoms with Crippen LogP contribution in [0.25, 0.3) is 10.9 Å². The molecule has 0 radical (unpaired) electrons. The highest BCUT2D eigenvalue weighted by Crippen LogP contribution is 2.23. The standard InChI is InChI=1S/C11H13NO/c1-8(2)12-6-5-9-3-4-10(13)7-11(9)12/h3-8,13H,1-2H3. The fourth-order valence-electron chi connectivity index (χ4n) is 1.59. The van der Waals surface area contributed by atoms with E-state index in [-0.39, 0.29) is 0 Å². The zero-order chi connectivity index (χ0) is 9.42. The zero-order valence-electron chi connectivity index (χ0n) is 7.86. The van der Waals surface area contributed by atoms with Crippen molar-refractivity contribution in [3.05, 3.63) is 30.5 Å². The first-order valence-electron chi connectivity index (χ1n) is 4.48. The molecule has 0 bridgehead atoms. The van der Waals surface area contributed by atoms with Crippen molar-refractivity contribution < 1.29 is 5.11 Å². The van der Waals surface area contributed by atoms with Crippen LogP contribution in [-0.4, -0.2) is 9.67 Å². The van der Waals surface area contributed by atoms with Gasteiger partial charge in [0.2, 0.25) is 0 Å². The molecule has 1 aromatic carbocycles. The van der Waals surface area contributed by atoms with Crippen LogP contribution in [0.1, 0.15) is 19.9 Å². The van der Waals surface area contributed by atoms with Crippen molar-refractivity contribution in [2.45, 2.75) is 19.9 Å². The van der Waals surface area contributed by atoms with Gasteiger partial charge < -0.3 is 9.67 Å². The van der Waals surface area contributed by atoms with Gasteiger partial charge in [-0.2, -0.15) is 0 Å². The van der Waals surface area contributed by atoms with E-state index in [0.717, 1.165) is 5.52 Å². The van der Waals surface area contributed by atoms with E-state index in [2.05, 4.69) is 30.7 Å². The average molecular weight is 175 g/mol. The van der Waals surface area contributed by atoms with Crippen LogP contribution >= 0.6 is 0 Å². The summed E-state index contributed by atoms with van der Waals surface area (Å²) in [6.45, 7) is 4.26. The molecule has 0 aliphatic carbocycles. The van der Waals surface area contributed by atoms with Crippen molar-refractivity contribution in [3.63, 3.8) is 0 Å². The van der Waals surface area contributed by atoms with E-state index in [1.165, 1.54) is 5.39 Å². The van der Waals surface area contributed by atoms with Crippen molar-refractivity contribution >= 4 is 10.9 Å². The number of nitrogens with zero attached hydrogens (tertiary/aromatic N) is 1. The smallest absolute Gasteiger partial charge is 0.117 e. The molecular formula is C11H13NO. The summed E-state index contributed by atoms with van der Waals surface area (Å²) in [6.07, 6.45) is 2.05. The predicted octanol–water partition coefficient (Wildman–Crippen LogP) is 2.93. The molecule has 0 saturated carbocycles. The summed E-state index contributed by atoms with van der Waals surface area (Å²) in [6, 6.07) is 7.94. The maximum absolute atomic E-state index is 9.34. The molecule has 2 heteroatoms. The molecule has 68 valence electrons. The lowest BCUT2D eigenvalue weighted by molar-refractivity contribution is 0.475. The molecule has 2 aromatic rings. The highest BCUT2D eigenvalue weighted by molar-refractivity contribution is 5.81. The lowest BCUT2D eigenvalue weighted by Gasteiger charge is -2.08. The molecule has 1 aromatic heterocycles. The normalized spacial score (nSPS) is 11.3. The molecule has 0 atom stereocenters. The van der Waals surface area contributed by atoms with Crippen molar-refractivity contribution in [1.82, 2.24) is 4.57 Å². The summed E-state index contributed by atoms with van der Waals surface area (Å²) in [5.74, 6) is 0.327. The number of aromatic nitrogens is 1. The van der Waals surface area contributed by atoms with Gasteiger partial charge in [0.05, 0.1) is 5.52 Å². The molecule has 1 N–H and O–H groups in total. The SMILES string of the molecule is CC(C)n1ccc2ccc(O)cc21. The first-order chi connectivity index (χ1) is 6.18. The van der Waals surface area contributed by atoms with Crippen LogP contribution in [0.5, 0.6) is 5.75 Å². The van der Waals surface area contributed by atoms with E-state index >= 15 is 0 Å². The second-order valence-corrected chi connectivity index (χ2v) is 3.56. The maximum Gasteiger partial charge on any atom is 0.117 e. The maximum atomic E-state index is 9.34. The molecule has 2 nitrogen and oxygen atoms in total. The quantitative estimate of drug-likeness (QED) is 0.708. The summed E-state index contributed by atoms with van der Waals surface area (Å²) in [4.78, 5) is 0. The molecule has 0 aliphatic heterocycles. The largest absolute Gasteiger partial charge is 0.508 e. The molecule has 0 spiro atoms. The minimum absolute atomic E-state index is 0.327. The van der Waals surface area contributed by atoms with Gasteiger partial charge in [-0.15, -0.1) is 0 Å². The molecule has 0 amide bonds. The van der Waals surface area contributed by atoms with Crippen molar-refractivity contribution in [3.8, 4) is 5.75 Å². The molecule has 0 fully saturated rings. The molecule has 0 unspecified atom stereocenters. The van der Waals surface area contributed by atoms with E-state index < -0.39 is 0 Å². The zero-order valence-corrected chi connectivity index (χ0v) is 7.86. The Bertz CT molecular complexity index is 429. The molecular weight excluding hydrogens is 162 g/mol. The van der Waals surface area contributed by atoms with Gasteiger partial charge in [-0.3, -0.25) is 0 Å². The Morgan fingerprint density at radius 2 is 2.00 bits per heavy atom. The highest BCUT2D eigenvalue weighted by atomic mass is 16.3. The summed E-state index contributed by atoms with van der Waals surface area (Å²) >= 11 is 0. The monoisotopic (exact) mass is 175 g/mol. The lowest BCUT2D eigenvalue weighted by Crippen LogP contribution is -1.97. The van der Waals surface area contributed by atoms with E-state index in [9.17, 15) is 5.11 Å². The van der Waals surface area contributed by atoms with Crippen LogP contribution < -0.4 is 0 Å². The number of aromatic hydroxyl groups is 1. The topological polar surface area (TPSA) is 25.2 Å². The Balaban J connectivity index is 2.71. The minimum Gasteiger partial charge on any atom is -0.508 e. The van der Waals surface area contributed by atoms with Crippen LogP contribution in [0.3, 0.4) is 0 Å². The summed E-state index contributed by atoms with van der Waals surface area (Å²) in [5, 5.41) is 10.5. The number of rotatable bonds is 1. The van der Waals surface area contributed by atoms with Crippen LogP contribution in [0, 0.1) is 0 Å². The predicted molar refractivity (Wildman–Crippen MR) is 54.0 cm³/mol.